The topological polar surface area (TPSA) is 75.9 Å². The summed E-state index contributed by atoms with van der Waals surface area (Å²) in [7, 11) is 0. The minimum absolute atomic E-state index is 0. The first kappa shape index (κ1) is 16.0. The van der Waals surface area contributed by atoms with Gasteiger partial charge in [-0.25, -0.2) is 0 Å². The Morgan fingerprint density at radius 3 is 1.50 bits per heavy atom. The summed E-state index contributed by atoms with van der Waals surface area (Å²) in [5, 5.41) is 6.06. The second-order valence-electron chi connectivity index (χ2n) is 0.455. The zero-order valence-corrected chi connectivity index (χ0v) is 6.38. The maximum Gasteiger partial charge on any atom is 1.00 e. The molecule has 0 heterocycles. The van der Waals surface area contributed by atoms with E-state index < -0.39 is 0 Å². The van der Waals surface area contributed by atoms with Gasteiger partial charge in [-0.05, 0) is 0 Å². The summed E-state index contributed by atoms with van der Waals surface area (Å²) in [6.07, 6.45) is 0. The van der Waals surface area contributed by atoms with Crippen LogP contribution in [-0.2, 0) is 0 Å². The van der Waals surface area contributed by atoms with E-state index in [1.54, 1.807) is 0 Å². The van der Waals surface area contributed by atoms with Crippen molar-refractivity contribution in [2.24, 2.45) is 11.5 Å². The van der Waals surface area contributed by atoms with E-state index in [2.05, 4.69) is 11.5 Å². The SMILES string of the molecule is Cl.N=C(N)N.[H-].[Na+]. The van der Waals surface area contributed by atoms with Gasteiger partial charge in [0.05, 0.1) is 0 Å². The molecule has 0 aliphatic heterocycles. The first-order valence-corrected chi connectivity index (χ1v) is 0.827. The van der Waals surface area contributed by atoms with Crippen molar-refractivity contribution in [3.05, 3.63) is 0 Å². The van der Waals surface area contributed by atoms with Gasteiger partial charge < -0.3 is 12.9 Å². The number of hydrogen-bond acceptors (Lipinski definition) is 1. The van der Waals surface area contributed by atoms with Crippen molar-refractivity contribution in [3.63, 3.8) is 0 Å². The molecule has 0 aromatic carbocycles. The molecule has 0 bridgehead atoms. The Balaban J connectivity index is -0.0000000150. The minimum atomic E-state index is -0.333. The van der Waals surface area contributed by atoms with Gasteiger partial charge in [0, 0.05) is 0 Å². The van der Waals surface area contributed by atoms with Crippen LogP contribution in [0.4, 0.5) is 0 Å². The third-order valence-corrected chi connectivity index (χ3v) is 0. The number of hydrogen-bond donors (Lipinski definition) is 3. The predicted molar refractivity (Wildman–Crippen MR) is 24.5 cm³/mol. The van der Waals surface area contributed by atoms with Gasteiger partial charge in [-0.1, -0.05) is 0 Å². The van der Waals surface area contributed by atoms with Crippen LogP contribution in [0.25, 0.3) is 0 Å². The molecule has 0 saturated carbocycles. The average molecular weight is 120 g/mol. The van der Waals surface area contributed by atoms with Gasteiger partial charge in [-0.15, -0.1) is 12.4 Å². The van der Waals surface area contributed by atoms with E-state index in [9.17, 15) is 0 Å². The van der Waals surface area contributed by atoms with Crippen molar-refractivity contribution in [2.75, 3.05) is 0 Å². The molecule has 0 atom stereocenters. The fraction of sp³-hybridized carbons (Fsp3) is 0. The number of halogens is 1. The summed E-state index contributed by atoms with van der Waals surface area (Å²) in [6.45, 7) is 0. The Hall–Kier alpha value is 0.560. The van der Waals surface area contributed by atoms with Crippen molar-refractivity contribution in [2.45, 2.75) is 0 Å². The minimum Gasteiger partial charge on any atom is -1.00 e. The molecule has 0 aromatic heterocycles. The smallest absolute Gasteiger partial charge is 1.00 e. The summed E-state index contributed by atoms with van der Waals surface area (Å²) in [6, 6.07) is 0. The summed E-state index contributed by atoms with van der Waals surface area (Å²) in [5.41, 5.74) is 8.94. The Morgan fingerprint density at radius 2 is 1.50 bits per heavy atom. The quantitative estimate of drug-likeness (QED) is 0.175. The van der Waals surface area contributed by atoms with Crippen LogP contribution in [0.15, 0.2) is 0 Å². The van der Waals surface area contributed by atoms with Crippen molar-refractivity contribution < 1.29 is 31.0 Å². The third kappa shape index (κ3) is 184. The standard InChI is InChI=1S/CH5N3.ClH.Na.H/c2-1(3)4;;;/h(H5,2,3,4);1H;;/q;;+1;-1. The van der Waals surface area contributed by atoms with E-state index >= 15 is 0 Å². The molecule has 0 spiro atoms. The number of nitrogens with one attached hydrogen (secondary N) is 1. The van der Waals surface area contributed by atoms with Gasteiger partial charge in [-0.3, -0.25) is 5.41 Å². The molecule has 0 unspecified atom stereocenters. The fourth-order valence-electron chi connectivity index (χ4n) is 0. The molecule has 3 nitrogen and oxygen atoms in total. The van der Waals surface area contributed by atoms with Crippen molar-refractivity contribution in [1.82, 2.24) is 0 Å². The van der Waals surface area contributed by atoms with E-state index in [4.69, 9.17) is 5.41 Å². The van der Waals surface area contributed by atoms with Crippen LogP contribution in [0.2, 0.25) is 0 Å². The van der Waals surface area contributed by atoms with Gasteiger partial charge in [-0.2, -0.15) is 0 Å². The summed E-state index contributed by atoms with van der Waals surface area (Å²) < 4.78 is 0. The maximum atomic E-state index is 6.06. The summed E-state index contributed by atoms with van der Waals surface area (Å²) in [4.78, 5) is 0. The predicted octanol–water partition coefficient (Wildman–Crippen LogP) is -3.62. The number of nitrogens with two attached hydrogens (primary N) is 2. The molecule has 5 N–H and O–H groups in total. The van der Waals surface area contributed by atoms with Gasteiger partial charge in [0.2, 0.25) is 0 Å². The van der Waals surface area contributed by atoms with E-state index in [0.717, 1.165) is 0 Å². The largest absolute Gasteiger partial charge is 1.00 e. The van der Waals surface area contributed by atoms with Gasteiger partial charge in [0.25, 0.3) is 0 Å². The van der Waals surface area contributed by atoms with Crippen LogP contribution < -0.4 is 41.0 Å². The monoisotopic (exact) mass is 119 g/mol. The van der Waals surface area contributed by atoms with Crippen LogP contribution in [0.5, 0.6) is 0 Å². The second kappa shape index (κ2) is 9.12. The summed E-state index contributed by atoms with van der Waals surface area (Å²) >= 11 is 0. The van der Waals surface area contributed by atoms with Crippen LogP contribution in [0, 0.1) is 5.41 Å². The van der Waals surface area contributed by atoms with Crippen molar-refractivity contribution in [1.29, 1.82) is 5.41 Å². The zero-order valence-electron chi connectivity index (χ0n) is 4.56. The first-order valence-electron chi connectivity index (χ1n) is 0.827. The molecule has 0 aliphatic rings. The van der Waals surface area contributed by atoms with E-state index in [-0.39, 0.29) is 49.4 Å². The van der Waals surface area contributed by atoms with E-state index in [1.807, 2.05) is 0 Å². The first-order chi connectivity index (χ1) is 1.73. The third-order valence-electron chi connectivity index (χ3n) is 0. The van der Waals surface area contributed by atoms with Gasteiger partial charge in [0.1, 0.15) is 0 Å². The van der Waals surface area contributed by atoms with Crippen molar-refractivity contribution in [3.8, 4) is 0 Å². The molecule has 0 fully saturated rings. The van der Waals surface area contributed by atoms with Gasteiger partial charge >= 0.3 is 29.6 Å². The van der Waals surface area contributed by atoms with Crippen LogP contribution in [-0.4, -0.2) is 5.96 Å². The number of rotatable bonds is 0. The van der Waals surface area contributed by atoms with Crippen LogP contribution >= 0.6 is 12.4 Å². The molecule has 0 saturated heterocycles. The maximum absolute atomic E-state index is 6.06. The molecule has 0 aromatic rings. The molecular formula is CH7ClN3Na. The molecule has 0 radical (unpaired) electrons. The molecule has 34 valence electrons. The van der Waals surface area contributed by atoms with Gasteiger partial charge in [0.15, 0.2) is 5.96 Å². The Bertz CT molecular complexity index is 37.9. The summed E-state index contributed by atoms with van der Waals surface area (Å²) in [5.74, 6) is -0.333. The van der Waals surface area contributed by atoms with Crippen LogP contribution in [0.3, 0.4) is 0 Å². The molecule has 0 amide bonds. The molecule has 5 heteroatoms. The normalized spacial score (nSPS) is 4.00. The zero-order chi connectivity index (χ0) is 3.58. The van der Waals surface area contributed by atoms with Crippen LogP contribution in [0.1, 0.15) is 1.43 Å². The second-order valence-corrected chi connectivity index (χ2v) is 0.455. The Morgan fingerprint density at radius 1 is 1.50 bits per heavy atom. The Kier molecular flexibility index (Phi) is 24.3. The van der Waals surface area contributed by atoms with Crippen molar-refractivity contribution >= 4 is 18.4 Å². The Labute approximate surface area is 66.2 Å². The van der Waals surface area contributed by atoms with E-state index in [0.29, 0.717) is 0 Å². The number of guanidine groups is 1. The van der Waals surface area contributed by atoms with E-state index in [1.165, 1.54) is 0 Å². The molecule has 0 rings (SSSR count). The average Bonchev–Trinajstić information content (AvgIpc) is 0.811. The molecule has 0 aliphatic carbocycles. The molecule has 6 heavy (non-hydrogen) atoms. The fourth-order valence-corrected chi connectivity index (χ4v) is 0. The molecular weight excluding hydrogens is 112 g/mol.